The van der Waals surface area contributed by atoms with E-state index in [1.54, 1.807) is 12.1 Å². The van der Waals surface area contributed by atoms with Crippen LogP contribution in [0.2, 0.25) is 51.9 Å². The summed E-state index contributed by atoms with van der Waals surface area (Å²) < 4.78 is 19.0. The van der Waals surface area contributed by atoms with Crippen molar-refractivity contribution in [2.24, 2.45) is 5.92 Å². The summed E-state index contributed by atoms with van der Waals surface area (Å²) in [6.07, 6.45) is 0.837. The van der Waals surface area contributed by atoms with Gasteiger partial charge in [-0.15, -0.1) is 0 Å². The molecule has 0 N–H and O–H groups in total. The highest BCUT2D eigenvalue weighted by molar-refractivity contribution is 6.87. The molecule has 0 aliphatic rings. The van der Waals surface area contributed by atoms with Gasteiger partial charge in [-0.2, -0.15) is 0 Å². The van der Waals surface area contributed by atoms with Gasteiger partial charge in [-0.3, -0.25) is 4.79 Å². The highest BCUT2D eigenvalue weighted by Gasteiger charge is 2.41. The quantitative estimate of drug-likeness (QED) is 0.397. The molecule has 0 bridgehead atoms. The van der Waals surface area contributed by atoms with Crippen LogP contribution in [0.25, 0.3) is 0 Å². The first kappa shape index (κ1) is 22.3. The van der Waals surface area contributed by atoms with Crippen LogP contribution in [0.4, 0.5) is 0 Å². The molecule has 0 heterocycles. The first-order chi connectivity index (χ1) is 11.3. The Bertz CT molecular complexity index is 548. The van der Waals surface area contributed by atoms with Crippen molar-refractivity contribution in [2.75, 3.05) is 6.61 Å². The van der Waals surface area contributed by atoms with Gasteiger partial charge in [-0.05, 0) is 69.9 Å². The zero-order chi connectivity index (χ0) is 19.3. The van der Waals surface area contributed by atoms with E-state index in [1.165, 1.54) is 0 Å². The topological polar surface area (TPSA) is 44.8 Å². The largest absolute Gasteiger partial charge is 0.493 e. The fraction of sp³-hybridized carbons (Fsp3) is 0.611. The van der Waals surface area contributed by atoms with Gasteiger partial charge in [0.15, 0.2) is 16.6 Å². The van der Waals surface area contributed by atoms with Crippen LogP contribution in [0.3, 0.4) is 0 Å². The predicted octanol–water partition coefficient (Wildman–Crippen LogP) is 5.29. The minimum atomic E-state index is -2.25. The highest BCUT2D eigenvalue weighted by atomic mass is 28.5. The third-order valence-corrected chi connectivity index (χ3v) is 13.1. The Hall–Kier alpha value is -0.739. The molecule has 0 spiro atoms. The Kier molecular flexibility index (Phi) is 7.82. The van der Waals surface area contributed by atoms with E-state index in [0.29, 0.717) is 18.1 Å². The molecule has 7 heteroatoms. The normalized spacial score (nSPS) is 14.2. The lowest BCUT2D eigenvalue weighted by Gasteiger charge is -2.39. The molecule has 0 aliphatic heterocycles. The summed E-state index contributed by atoms with van der Waals surface area (Å²) in [4.78, 5) is 10.9. The summed E-state index contributed by atoms with van der Waals surface area (Å²) in [6, 6.07) is 8.18. The molecule has 1 aromatic carbocycles. The van der Waals surface area contributed by atoms with E-state index in [4.69, 9.17) is 13.0 Å². The Morgan fingerprint density at radius 3 is 2.04 bits per heavy atom. The lowest BCUT2D eigenvalue weighted by Crippen LogP contribution is -2.53. The van der Waals surface area contributed by atoms with Gasteiger partial charge in [0.05, 0.1) is 6.61 Å². The van der Waals surface area contributed by atoms with Crippen molar-refractivity contribution in [3.8, 4) is 5.75 Å². The summed E-state index contributed by atoms with van der Waals surface area (Å²) >= 11 is 0. The van der Waals surface area contributed by atoms with Crippen LogP contribution in [0.15, 0.2) is 24.3 Å². The van der Waals surface area contributed by atoms with Gasteiger partial charge in [0.25, 0.3) is 0 Å². The maximum absolute atomic E-state index is 10.9. The highest BCUT2D eigenvalue weighted by Crippen LogP contribution is 2.28. The third-order valence-electron chi connectivity index (χ3n) is 3.29. The first-order valence-corrected chi connectivity index (χ1v) is 18.2. The second-order valence-electron chi connectivity index (χ2n) is 8.87. The van der Waals surface area contributed by atoms with Crippen LogP contribution < -0.4 is 4.74 Å². The van der Waals surface area contributed by atoms with Crippen LogP contribution in [0.1, 0.15) is 17.3 Å². The van der Waals surface area contributed by atoms with Gasteiger partial charge in [0.1, 0.15) is 12.0 Å². The van der Waals surface area contributed by atoms with E-state index in [-0.39, 0.29) is 0 Å². The Morgan fingerprint density at radius 1 is 1.00 bits per heavy atom. The van der Waals surface area contributed by atoms with Crippen LogP contribution >= 0.6 is 0 Å². The van der Waals surface area contributed by atoms with E-state index in [1.807, 2.05) is 12.1 Å². The van der Waals surface area contributed by atoms with Gasteiger partial charge in [-0.1, -0.05) is 19.1 Å². The number of carbonyl (C=O) groups excluding carboxylic acids is 1. The molecular weight excluding hydrogens is 364 g/mol. The van der Waals surface area contributed by atoms with Gasteiger partial charge in [0, 0.05) is 5.56 Å². The summed E-state index contributed by atoms with van der Waals surface area (Å²) in [5.41, 5.74) is 0.633. The molecule has 1 unspecified atom stereocenters. The molecule has 4 nitrogen and oxygen atoms in total. The van der Waals surface area contributed by atoms with Crippen molar-refractivity contribution in [2.45, 2.75) is 58.8 Å². The number of rotatable bonds is 10. The molecule has 1 aromatic rings. The SMILES string of the molecule is CC(COc1cccc(C=O)c1)C[Si](C)(O[Si](C)(C)C)O[Si](C)(C)C. The minimum absolute atomic E-state index is 0.323. The molecule has 0 fully saturated rings. The van der Waals surface area contributed by atoms with Crippen molar-refractivity contribution in [1.82, 2.24) is 0 Å². The van der Waals surface area contributed by atoms with E-state index in [2.05, 4.69) is 52.8 Å². The molecule has 0 aromatic heterocycles. The Morgan fingerprint density at radius 2 is 1.56 bits per heavy atom. The van der Waals surface area contributed by atoms with Crippen molar-refractivity contribution in [1.29, 1.82) is 0 Å². The summed E-state index contributed by atoms with van der Waals surface area (Å²) in [5, 5.41) is 0. The third kappa shape index (κ3) is 9.50. The number of aldehydes is 1. The van der Waals surface area contributed by atoms with Gasteiger partial charge < -0.3 is 13.0 Å². The average molecular weight is 399 g/mol. The van der Waals surface area contributed by atoms with Crippen LogP contribution in [-0.4, -0.2) is 38.1 Å². The standard InChI is InChI=1S/C18H34O4Si3/c1-16(14-20-18-11-9-10-17(12-18)13-19)15-25(8,21-23(2,3)4)22-24(5,6)7/h9-13,16H,14-15H2,1-8H3. The fourth-order valence-electron chi connectivity index (χ4n) is 3.01. The first-order valence-electron chi connectivity index (χ1n) is 8.90. The number of benzene rings is 1. The molecule has 142 valence electrons. The maximum atomic E-state index is 10.9. The van der Waals surface area contributed by atoms with Crippen LogP contribution in [0.5, 0.6) is 5.75 Å². The molecule has 0 saturated carbocycles. The van der Waals surface area contributed by atoms with Crippen LogP contribution in [-0.2, 0) is 8.23 Å². The molecule has 25 heavy (non-hydrogen) atoms. The molecule has 1 rings (SSSR count). The second-order valence-corrected chi connectivity index (χ2v) is 21.6. The summed E-state index contributed by atoms with van der Waals surface area (Å²) in [7, 11) is -5.61. The summed E-state index contributed by atoms with van der Waals surface area (Å²) in [6.45, 7) is 18.3. The smallest absolute Gasteiger partial charge is 0.314 e. The van der Waals surface area contributed by atoms with E-state index in [9.17, 15) is 4.79 Å². The minimum Gasteiger partial charge on any atom is -0.493 e. The Balaban J connectivity index is 2.73. The number of carbonyl (C=O) groups is 1. The van der Waals surface area contributed by atoms with Crippen molar-refractivity contribution in [3.05, 3.63) is 29.8 Å². The second kappa shape index (κ2) is 8.77. The monoisotopic (exact) mass is 398 g/mol. The molecule has 0 radical (unpaired) electrons. The van der Waals surface area contributed by atoms with E-state index >= 15 is 0 Å². The lowest BCUT2D eigenvalue weighted by atomic mass is 10.2. The van der Waals surface area contributed by atoms with Crippen molar-refractivity contribution >= 4 is 31.5 Å². The number of hydrogen-bond donors (Lipinski definition) is 0. The molecule has 0 saturated heterocycles. The maximum Gasteiger partial charge on any atom is 0.314 e. The predicted molar refractivity (Wildman–Crippen MR) is 112 cm³/mol. The fourth-order valence-corrected chi connectivity index (χ4v) is 16.0. The zero-order valence-corrected chi connectivity index (χ0v) is 20.0. The molecular formula is C18H34O4Si3. The van der Waals surface area contributed by atoms with E-state index in [0.717, 1.165) is 18.1 Å². The van der Waals surface area contributed by atoms with E-state index < -0.39 is 25.2 Å². The van der Waals surface area contributed by atoms with Crippen LogP contribution in [0, 0.1) is 5.92 Å². The molecule has 0 aliphatic carbocycles. The average Bonchev–Trinajstić information content (AvgIpc) is 2.40. The molecule has 0 amide bonds. The number of hydrogen-bond acceptors (Lipinski definition) is 4. The van der Waals surface area contributed by atoms with Gasteiger partial charge >= 0.3 is 8.56 Å². The Labute approximate surface area is 156 Å². The summed E-state index contributed by atoms with van der Waals surface area (Å²) in [5.74, 6) is 1.06. The lowest BCUT2D eigenvalue weighted by molar-refractivity contribution is 0.112. The van der Waals surface area contributed by atoms with Crippen molar-refractivity contribution < 1.29 is 17.8 Å². The molecule has 1 atom stereocenters. The zero-order valence-electron chi connectivity index (χ0n) is 17.0. The van der Waals surface area contributed by atoms with Gasteiger partial charge in [0.2, 0.25) is 0 Å². The van der Waals surface area contributed by atoms with Gasteiger partial charge in [-0.25, -0.2) is 0 Å². The number of ether oxygens (including phenoxy) is 1. The van der Waals surface area contributed by atoms with Crippen molar-refractivity contribution in [3.63, 3.8) is 0 Å².